The molecule has 1 N–H and O–H groups in total. The molecule has 1 aliphatic rings. The fourth-order valence-electron chi connectivity index (χ4n) is 2.40. The van der Waals surface area contributed by atoms with Crippen LogP contribution in [-0.4, -0.2) is 53.2 Å². The van der Waals surface area contributed by atoms with E-state index in [0.29, 0.717) is 12.5 Å². The molecule has 1 unspecified atom stereocenters. The molecule has 6 heteroatoms. The highest BCUT2D eigenvalue weighted by Crippen LogP contribution is 2.23. The summed E-state index contributed by atoms with van der Waals surface area (Å²) in [5.74, 6) is -0.762. The zero-order chi connectivity index (χ0) is 14.5. The van der Waals surface area contributed by atoms with Crippen molar-refractivity contribution >= 4 is 22.4 Å². The SMILES string of the molecule is CCC(C)N1CCN(c2nc(CCC(=O)O)cs2)CC1. The number of aliphatic carboxylic acids is 1. The summed E-state index contributed by atoms with van der Waals surface area (Å²) in [6.07, 6.45) is 1.88. The number of piperazine rings is 1. The first-order valence-corrected chi connectivity index (χ1v) is 8.13. The molecule has 5 nitrogen and oxygen atoms in total. The second kappa shape index (κ2) is 7.04. The second-order valence-corrected chi connectivity index (χ2v) is 6.13. The number of nitrogens with zero attached hydrogens (tertiary/aromatic N) is 3. The first-order chi connectivity index (χ1) is 9.60. The molecule has 0 amide bonds. The summed E-state index contributed by atoms with van der Waals surface area (Å²) in [5.41, 5.74) is 0.900. The van der Waals surface area contributed by atoms with Crippen molar-refractivity contribution in [2.24, 2.45) is 0 Å². The van der Waals surface area contributed by atoms with Gasteiger partial charge in [0.05, 0.1) is 12.1 Å². The minimum absolute atomic E-state index is 0.158. The fraction of sp³-hybridized carbons (Fsp3) is 0.714. The van der Waals surface area contributed by atoms with Crippen LogP contribution in [0.15, 0.2) is 5.38 Å². The zero-order valence-corrected chi connectivity index (χ0v) is 13.0. The van der Waals surface area contributed by atoms with E-state index >= 15 is 0 Å². The quantitative estimate of drug-likeness (QED) is 0.871. The number of aromatic nitrogens is 1. The Kier molecular flexibility index (Phi) is 5.37. The third-order valence-electron chi connectivity index (χ3n) is 3.93. The van der Waals surface area contributed by atoms with Gasteiger partial charge in [0.15, 0.2) is 5.13 Å². The van der Waals surface area contributed by atoms with Crippen LogP contribution in [0.2, 0.25) is 0 Å². The van der Waals surface area contributed by atoms with E-state index in [1.54, 1.807) is 11.3 Å². The lowest BCUT2D eigenvalue weighted by Crippen LogP contribution is -2.49. The summed E-state index contributed by atoms with van der Waals surface area (Å²) in [5, 5.41) is 11.7. The maximum absolute atomic E-state index is 10.6. The van der Waals surface area contributed by atoms with Crippen LogP contribution in [0.4, 0.5) is 5.13 Å². The molecule has 0 aliphatic carbocycles. The molecule has 1 aromatic rings. The van der Waals surface area contributed by atoms with Gasteiger partial charge in [0, 0.05) is 44.0 Å². The monoisotopic (exact) mass is 297 g/mol. The molecule has 1 fully saturated rings. The standard InChI is InChI=1S/C14H23N3O2S/c1-3-11(2)16-6-8-17(9-7-16)14-15-12(10-20-14)4-5-13(18)19/h10-11H,3-9H2,1-2H3,(H,18,19). The van der Waals surface area contributed by atoms with Crippen LogP contribution in [-0.2, 0) is 11.2 Å². The summed E-state index contributed by atoms with van der Waals surface area (Å²) >= 11 is 1.63. The number of thiazole rings is 1. The van der Waals surface area contributed by atoms with Crippen LogP contribution in [0.1, 0.15) is 32.4 Å². The van der Waals surface area contributed by atoms with Crippen molar-refractivity contribution in [2.45, 2.75) is 39.2 Å². The van der Waals surface area contributed by atoms with Crippen LogP contribution in [0.25, 0.3) is 0 Å². The highest BCUT2D eigenvalue weighted by Gasteiger charge is 2.21. The van der Waals surface area contributed by atoms with Crippen LogP contribution < -0.4 is 4.90 Å². The van der Waals surface area contributed by atoms with Crippen LogP contribution in [0.5, 0.6) is 0 Å². The van der Waals surface area contributed by atoms with Crippen molar-refractivity contribution < 1.29 is 9.90 Å². The van der Waals surface area contributed by atoms with Gasteiger partial charge in [-0.05, 0) is 13.3 Å². The molecule has 0 bridgehead atoms. The number of carboxylic acids is 1. The highest BCUT2D eigenvalue weighted by molar-refractivity contribution is 7.13. The van der Waals surface area contributed by atoms with Crippen LogP contribution in [0, 0.1) is 0 Å². The summed E-state index contributed by atoms with van der Waals surface area (Å²) in [6.45, 7) is 8.69. The molecule has 0 saturated carbocycles. The van der Waals surface area contributed by atoms with E-state index in [4.69, 9.17) is 5.11 Å². The maximum Gasteiger partial charge on any atom is 0.303 e. The second-order valence-electron chi connectivity index (χ2n) is 5.30. The van der Waals surface area contributed by atoms with Crippen molar-refractivity contribution in [2.75, 3.05) is 31.1 Å². The van der Waals surface area contributed by atoms with Gasteiger partial charge < -0.3 is 10.0 Å². The molecule has 0 aromatic carbocycles. The van der Waals surface area contributed by atoms with Gasteiger partial charge in [0.2, 0.25) is 0 Å². The largest absolute Gasteiger partial charge is 0.481 e. The van der Waals surface area contributed by atoms with Crippen molar-refractivity contribution in [3.8, 4) is 0 Å². The highest BCUT2D eigenvalue weighted by atomic mass is 32.1. The minimum Gasteiger partial charge on any atom is -0.481 e. The number of hydrogen-bond donors (Lipinski definition) is 1. The molecule has 0 spiro atoms. The van der Waals surface area contributed by atoms with Gasteiger partial charge in [-0.25, -0.2) is 4.98 Å². The molecule has 1 atom stereocenters. The number of rotatable bonds is 6. The Morgan fingerprint density at radius 2 is 2.15 bits per heavy atom. The third kappa shape index (κ3) is 3.93. The summed E-state index contributed by atoms with van der Waals surface area (Å²) in [6, 6.07) is 0.652. The Morgan fingerprint density at radius 3 is 2.75 bits per heavy atom. The van der Waals surface area contributed by atoms with E-state index in [2.05, 4.69) is 28.6 Å². The summed E-state index contributed by atoms with van der Waals surface area (Å²) in [4.78, 5) is 20.0. The van der Waals surface area contributed by atoms with Gasteiger partial charge in [0.25, 0.3) is 0 Å². The topological polar surface area (TPSA) is 56.7 Å². The molecule has 1 saturated heterocycles. The van der Waals surface area contributed by atoms with Crippen LogP contribution in [0.3, 0.4) is 0 Å². The van der Waals surface area contributed by atoms with Gasteiger partial charge in [-0.1, -0.05) is 6.92 Å². The Morgan fingerprint density at radius 1 is 1.45 bits per heavy atom. The Hall–Kier alpha value is -1.14. The van der Waals surface area contributed by atoms with E-state index in [-0.39, 0.29) is 6.42 Å². The van der Waals surface area contributed by atoms with Crippen molar-refractivity contribution in [3.63, 3.8) is 0 Å². The number of carboxylic acid groups (broad SMARTS) is 1. The van der Waals surface area contributed by atoms with E-state index in [0.717, 1.165) is 37.0 Å². The normalized spacial score (nSPS) is 18.2. The van der Waals surface area contributed by atoms with Gasteiger partial charge >= 0.3 is 5.97 Å². The Balaban J connectivity index is 1.86. The molecule has 1 aromatic heterocycles. The van der Waals surface area contributed by atoms with Gasteiger partial charge in [0.1, 0.15) is 0 Å². The lowest BCUT2D eigenvalue weighted by atomic mass is 10.2. The maximum atomic E-state index is 10.6. The first-order valence-electron chi connectivity index (χ1n) is 7.25. The number of anilines is 1. The smallest absolute Gasteiger partial charge is 0.303 e. The first kappa shape index (κ1) is 15.3. The van der Waals surface area contributed by atoms with Crippen molar-refractivity contribution in [3.05, 3.63) is 11.1 Å². The molecule has 20 heavy (non-hydrogen) atoms. The van der Waals surface area contributed by atoms with E-state index in [1.165, 1.54) is 6.42 Å². The number of aryl methyl sites for hydroxylation is 1. The van der Waals surface area contributed by atoms with Crippen molar-refractivity contribution in [1.29, 1.82) is 0 Å². The molecule has 1 aliphatic heterocycles. The predicted molar refractivity (Wildman–Crippen MR) is 81.6 cm³/mol. The summed E-state index contributed by atoms with van der Waals surface area (Å²) < 4.78 is 0. The lowest BCUT2D eigenvalue weighted by molar-refractivity contribution is -0.136. The molecular weight excluding hydrogens is 274 g/mol. The summed E-state index contributed by atoms with van der Waals surface area (Å²) in [7, 11) is 0. The average molecular weight is 297 g/mol. The fourth-order valence-corrected chi connectivity index (χ4v) is 3.32. The average Bonchev–Trinajstić information content (AvgIpc) is 2.93. The van der Waals surface area contributed by atoms with E-state index in [9.17, 15) is 4.79 Å². The minimum atomic E-state index is -0.762. The van der Waals surface area contributed by atoms with Gasteiger partial charge in [-0.15, -0.1) is 11.3 Å². The third-order valence-corrected chi connectivity index (χ3v) is 4.88. The lowest BCUT2D eigenvalue weighted by Gasteiger charge is -2.37. The molecule has 2 rings (SSSR count). The van der Waals surface area contributed by atoms with Crippen LogP contribution >= 0.6 is 11.3 Å². The van der Waals surface area contributed by atoms with Crippen molar-refractivity contribution in [1.82, 2.24) is 9.88 Å². The molecule has 112 valence electrons. The Labute approximate surface area is 124 Å². The van der Waals surface area contributed by atoms with E-state index in [1.807, 2.05) is 5.38 Å². The van der Waals surface area contributed by atoms with Gasteiger partial charge in [-0.3, -0.25) is 9.69 Å². The zero-order valence-electron chi connectivity index (χ0n) is 12.2. The molecule has 2 heterocycles. The molecular formula is C14H23N3O2S. The number of hydrogen-bond acceptors (Lipinski definition) is 5. The Bertz CT molecular complexity index is 441. The predicted octanol–water partition coefficient (Wildman–Crippen LogP) is 2.08. The molecule has 0 radical (unpaired) electrons. The number of carbonyl (C=O) groups is 1. The van der Waals surface area contributed by atoms with E-state index < -0.39 is 5.97 Å². The van der Waals surface area contributed by atoms with Gasteiger partial charge in [-0.2, -0.15) is 0 Å².